The van der Waals surface area contributed by atoms with Gasteiger partial charge in [0, 0.05) is 38.3 Å². The molecule has 0 radical (unpaired) electrons. The van der Waals surface area contributed by atoms with Crippen molar-refractivity contribution < 1.29 is 13.2 Å². The van der Waals surface area contributed by atoms with Crippen molar-refractivity contribution in [3.8, 4) is 0 Å². The first-order chi connectivity index (χ1) is 14.7. The van der Waals surface area contributed by atoms with Gasteiger partial charge in [-0.15, -0.1) is 0 Å². The maximum Gasteiger partial charge on any atom is 0.243 e. The lowest BCUT2D eigenvalue weighted by Crippen LogP contribution is -2.38. The lowest BCUT2D eigenvalue weighted by Gasteiger charge is -2.30. The van der Waals surface area contributed by atoms with Crippen molar-refractivity contribution in [3.63, 3.8) is 0 Å². The van der Waals surface area contributed by atoms with E-state index in [4.69, 9.17) is 9.72 Å². The summed E-state index contributed by atoms with van der Waals surface area (Å²) in [6.45, 7) is 9.05. The zero-order chi connectivity index (χ0) is 22.2. The molecule has 1 aliphatic carbocycles. The number of hydrogen-bond acceptors (Lipinski definition) is 4. The summed E-state index contributed by atoms with van der Waals surface area (Å²) in [5.41, 5.74) is 1.67. The van der Waals surface area contributed by atoms with Crippen molar-refractivity contribution in [2.24, 2.45) is 5.92 Å². The van der Waals surface area contributed by atoms with E-state index in [1.54, 1.807) is 23.5 Å². The van der Waals surface area contributed by atoms with E-state index < -0.39 is 10.0 Å². The third-order valence-electron chi connectivity index (χ3n) is 6.94. The summed E-state index contributed by atoms with van der Waals surface area (Å²) < 4.78 is 36.2. The molecule has 2 heterocycles. The predicted octanol–water partition coefficient (Wildman–Crippen LogP) is 4.71. The number of imidazole rings is 1. The minimum atomic E-state index is -3.53. The first-order valence-electron chi connectivity index (χ1n) is 11.7. The van der Waals surface area contributed by atoms with Gasteiger partial charge in [0.15, 0.2) is 0 Å². The molecule has 2 aromatic rings. The number of nitrogens with zero attached hydrogens (tertiary/aromatic N) is 3. The van der Waals surface area contributed by atoms with E-state index in [2.05, 4.69) is 25.3 Å². The van der Waals surface area contributed by atoms with Crippen LogP contribution in [0, 0.1) is 5.92 Å². The van der Waals surface area contributed by atoms with Crippen molar-refractivity contribution in [1.82, 2.24) is 13.9 Å². The van der Waals surface area contributed by atoms with Crippen LogP contribution >= 0.6 is 0 Å². The summed E-state index contributed by atoms with van der Waals surface area (Å²) in [6.07, 6.45) is 7.43. The molecule has 1 aromatic carbocycles. The highest BCUT2D eigenvalue weighted by Gasteiger charge is 2.31. The van der Waals surface area contributed by atoms with Gasteiger partial charge in [0.2, 0.25) is 10.0 Å². The zero-order valence-corrected chi connectivity index (χ0v) is 20.2. The van der Waals surface area contributed by atoms with E-state index in [1.807, 2.05) is 6.07 Å². The number of fused-ring (bicyclic) bond motifs is 1. The standard InChI is InChI=1S/C24H37N3O3S/c1-24(2,3)23-25-21-16-20(31(28,29)26(4)19-8-6-5-7-9-19)10-11-22(21)27(23)17-18-12-14-30-15-13-18/h10-11,16,18-19H,5-9,12-15,17H2,1-4H3. The van der Waals surface area contributed by atoms with Gasteiger partial charge in [0.1, 0.15) is 5.82 Å². The number of rotatable bonds is 5. The maximum atomic E-state index is 13.4. The zero-order valence-electron chi connectivity index (χ0n) is 19.4. The van der Waals surface area contributed by atoms with E-state index in [0.717, 1.165) is 75.1 Å². The number of hydrogen-bond donors (Lipinski definition) is 0. The molecule has 6 nitrogen and oxygen atoms in total. The Labute approximate surface area is 187 Å². The van der Waals surface area contributed by atoms with Gasteiger partial charge in [-0.1, -0.05) is 40.0 Å². The van der Waals surface area contributed by atoms with Gasteiger partial charge in [-0.2, -0.15) is 4.31 Å². The van der Waals surface area contributed by atoms with Crippen LogP contribution in [0.15, 0.2) is 23.1 Å². The van der Waals surface area contributed by atoms with Crippen molar-refractivity contribution in [2.75, 3.05) is 20.3 Å². The van der Waals surface area contributed by atoms with Crippen LogP contribution in [0.25, 0.3) is 11.0 Å². The molecule has 7 heteroatoms. The normalized spacial score (nSPS) is 20.0. The third-order valence-corrected chi connectivity index (χ3v) is 8.84. The third kappa shape index (κ3) is 4.69. The quantitative estimate of drug-likeness (QED) is 0.666. The van der Waals surface area contributed by atoms with Gasteiger partial charge in [0.25, 0.3) is 0 Å². The Hall–Kier alpha value is -1.44. The van der Waals surface area contributed by atoms with E-state index in [0.29, 0.717) is 10.8 Å². The fourth-order valence-corrected chi connectivity index (χ4v) is 6.46. The smallest absolute Gasteiger partial charge is 0.243 e. The SMILES string of the molecule is CN(C1CCCCC1)S(=O)(=O)c1ccc2c(c1)nc(C(C)(C)C)n2CC1CCOCC1. The lowest BCUT2D eigenvalue weighted by molar-refractivity contribution is 0.0611. The molecule has 0 atom stereocenters. The summed E-state index contributed by atoms with van der Waals surface area (Å²) in [5, 5.41) is 0. The van der Waals surface area contributed by atoms with Crippen molar-refractivity contribution in [1.29, 1.82) is 0 Å². The van der Waals surface area contributed by atoms with Crippen molar-refractivity contribution in [2.45, 2.75) is 88.6 Å². The predicted molar refractivity (Wildman–Crippen MR) is 124 cm³/mol. The van der Waals surface area contributed by atoms with E-state index in [1.165, 1.54) is 6.42 Å². The first-order valence-corrected chi connectivity index (χ1v) is 13.2. The fraction of sp³-hybridized carbons (Fsp3) is 0.708. The Morgan fingerprint density at radius 1 is 1.10 bits per heavy atom. The first kappa shape index (κ1) is 22.7. The van der Waals surface area contributed by atoms with Crippen LogP contribution in [0.1, 0.15) is 71.5 Å². The maximum absolute atomic E-state index is 13.4. The molecule has 31 heavy (non-hydrogen) atoms. The van der Waals surface area contributed by atoms with Crippen LogP contribution in [0.4, 0.5) is 0 Å². The van der Waals surface area contributed by atoms with Crippen LogP contribution in [0.3, 0.4) is 0 Å². The van der Waals surface area contributed by atoms with Crippen molar-refractivity contribution >= 4 is 21.1 Å². The van der Waals surface area contributed by atoms with Crippen LogP contribution in [-0.4, -0.2) is 48.6 Å². The molecule has 0 bridgehead atoms. The molecule has 0 unspecified atom stereocenters. The second-order valence-electron chi connectivity index (χ2n) is 10.3. The molecule has 1 saturated carbocycles. The molecule has 172 valence electrons. The van der Waals surface area contributed by atoms with Gasteiger partial charge in [-0.05, 0) is 49.8 Å². The Morgan fingerprint density at radius 2 is 1.77 bits per heavy atom. The fourth-order valence-electron chi connectivity index (χ4n) is 5.02. The Kier molecular flexibility index (Phi) is 6.48. The monoisotopic (exact) mass is 447 g/mol. The number of ether oxygens (including phenoxy) is 1. The summed E-state index contributed by atoms with van der Waals surface area (Å²) in [4.78, 5) is 5.30. The van der Waals surface area contributed by atoms with E-state index >= 15 is 0 Å². The molecule has 2 fully saturated rings. The molecule has 0 spiro atoms. The van der Waals surface area contributed by atoms with Gasteiger partial charge < -0.3 is 9.30 Å². The molecular weight excluding hydrogens is 410 g/mol. The van der Waals surface area contributed by atoms with E-state index in [-0.39, 0.29) is 11.5 Å². The van der Waals surface area contributed by atoms with E-state index in [9.17, 15) is 8.42 Å². The number of aromatic nitrogens is 2. The lowest BCUT2D eigenvalue weighted by atomic mass is 9.94. The Bertz CT molecular complexity index is 1010. The van der Waals surface area contributed by atoms with Crippen molar-refractivity contribution in [3.05, 3.63) is 24.0 Å². The van der Waals surface area contributed by atoms with Crippen LogP contribution in [0.5, 0.6) is 0 Å². The molecule has 1 aliphatic heterocycles. The van der Waals surface area contributed by atoms with Gasteiger partial charge in [-0.3, -0.25) is 0 Å². The molecular formula is C24H37N3O3S. The largest absolute Gasteiger partial charge is 0.381 e. The molecule has 1 aromatic heterocycles. The highest BCUT2D eigenvalue weighted by molar-refractivity contribution is 7.89. The number of benzene rings is 1. The molecule has 2 aliphatic rings. The highest BCUT2D eigenvalue weighted by Crippen LogP contribution is 2.32. The summed E-state index contributed by atoms with van der Waals surface area (Å²) in [7, 11) is -1.79. The second-order valence-corrected chi connectivity index (χ2v) is 12.3. The summed E-state index contributed by atoms with van der Waals surface area (Å²) in [6, 6.07) is 5.61. The molecule has 0 amide bonds. The topological polar surface area (TPSA) is 64.4 Å². The van der Waals surface area contributed by atoms with Crippen LogP contribution in [0.2, 0.25) is 0 Å². The van der Waals surface area contributed by atoms with Gasteiger partial charge in [-0.25, -0.2) is 13.4 Å². The molecule has 4 rings (SSSR count). The molecule has 1 saturated heterocycles. The minimum absolute atomic E-state index is 0.102. The Balaban J connectivity index is 1.70. The Morgan fingerprint density at radius 3 is 2.42 bits per heavy atom. The van der Waals surface area contributed by atoms with Crippen LogP contribution < -0.4 is 0 Å². The van der Waals surface area contributed by atoms with Crippen LogP contribution in [-0.2, 0) is 26.7 Å². The molecule has 0 N–H and O–H groups in total. The van der Waals surface area contributed by atoms with Gasteiger partial charge >= 0.3 is 0 Å². The average molecular weight is 448 g/mol. The number of sulfonamides is 1. The van der Waals surface area contributed by atoms with Gasteiger partial charge in [0.05, 0.1) is 15.9 Å². The summed E-state index contributed by atoms with van der Waals surface area (Å²) >= 11 is 0. The second kappa shape index (κ2) is 8.83. The minimum Gasteiger partial charge on any atom is -0.381 e. The average Bonchev–Trinajstić information content (AvgIpc) is 3.13. The summed E-state index contributed by atoms with van der Waals surface area (Å²) in [5.74, 6) is 1.58. The highest BCUT2D eigenvalue weighted by atomic mass is 32.2.